The summed E-state index contributed by atoms with van der Waals surface area (Å²) >= 11 is 0. The van der Waals surface area contributed by atoms with Crippen LogP contribution in [0.1, 0.15) is 31.4 Å². The van der Waals surface area contributed by atoms with Gasteiger partial charge in [-0.1, -0.05) is 11.8 Å². The van der Waals surface area contributed by atoms with Crippen molar-refractivity contribution in [1.82, 2.24) is 0 Å². The first-order valence-corrected chi connectivity index (χ1v) is 5.56. The van der Waals surface area contributed by atoms with Crippen LogP contribution in [0.2, 0.25) is 0 Å². The van der Waals surface area contributed by atoms with E-state index < -0.39 is 5.60 Å². The number of aliphatic hydroxyl groups is 1. The smallest absolute Gasteiger partial charge is 0.122 e. The summed E-state index contributed by atoms with van der Waals surface area (Å²) in [5.74, 6) is 6.76. The Kier molecular flexibility index (Phi) is 2.89. The highest BCUT2D eigenvalue weighted by Crippen LogP contribution is 2.25. The molecule has 84 valence electrons. The molecule has 1 N–H and O–H groups in total. The maximum atomic E-state index is 9.52. The zero-order chi connectivity index (χ0) is 11.6. The van der Waals surface area contributed by atoms with Gasteiger partial charge < -0.3 is 9.84 Å². The molecule has 1 aliphatic rings. The predicted octanol–water partition coefficient (Wildman–Crippen LogP) is 2.13. The summed E-state index contributed by atoms with van der Waals surface area (Å²) in [6, 6.07) is 5.94. The molecule has 0 unspecified atom stereocenters. The van der Waals surface area contributed by atoms with Crippen molar-refractivity contribution in [2.24, 2.45) is 0 Å². The lowest BCUT2D eigenvalue weighted by Crippen LogP contribution is -2.14. The van der Waals surface area contributed by atoms with E-state index in [1.54, 1.807) is 13.8 Å². The lowest BCUT2D eigenvalue weighted by atomic mass is 10.0. The number of fused-ring (bicyclic) bond motifs is 1. The zero-order valence-corrected chi connectivity index (χ0v) is 9.71. The number of benzene rings is 1. The molecular weight excluding hydrogens is 200 g/mol. The van der Waals surface area contributed by atoms with Crippen molar-refractivity contribution in [3.8, 4) is 17.6 Å². The van der Waals surface area contributed by atoms with Gasteiger partial charge in [-0.15, -0.1) is 0 Å². The van der Waals surface area contributed by atoms with Crippen molar-refractivity contribution < 1.29 is 9.84 Å². The maximum absolute atomic E-state index is 9.52. The molecule has 1 heterocycles. The van der Waals surface area contributed by atoms with Crippen LogP contribution >= 0.6 is 0 Å². The average molecular weight is 216 g/mol. The molecule has 0 saturated heterocycles. The van der Waals surface area contributed by atoms with Crippen LogP contribution in [0.25, 0.3) is 0 Å². The summed E-state index contributed by atoms with van der Waals surface area (Å²) in [6.45, 7) is 4.17. The Bertz CT molecular complexity index is 444. The molecule has 0 spiro atoms. The Hall–Kier alpha value is -1.46. The molecule has 2 heteroatoms. The first-order valence-electron chi connectivity index (χ1n) is 5.56. The number of rotatable bonds is 0. The van der Waals surface area contributed by atoms with Crippen LogP contribution in [-0.2, 0) is 6.42 Å². The standard InChI is InChI=1S/C14H16O2/c1-14(2,15)8-7-11-5-6-13-12(10-11)4-3-9-16-13/h5-6,10,15H,3-4,9H2,1-2H3. The molecule has 1 aromatic rings. The van der Waals surface area contributed by atoms with Gasteiger partial charge in [0.05, 0.1) is 6.61 Å². The SMILES string of the molecule is CC(C)(O)C#Cc1ccc2c(c1)CCCO2. The van der Waals surface area contributed by atoms with Gasteiger partial charge in [-0.05, 0) is 50.5 Å². The molecular formula is C14H16O2. The van der Waals surface area contributed by atoms with Gasteiger partial charge in [0, 0.05) is 5.56 Å². The summed E-state index contributed by atoms with van der Waals surface area (Å²) in [7, 11) is 0. The maximum Gasteiger partial charge on any atom is 0.122 e. The second kappa shape index (κ2) is 4.19. The Morgan fingerprint density at radius 2 is 2.19 bits per heavy atom. The third-order valence-electron chi connectivity index (χ3n) is 2.42. The van der Waals surface area contributed by atoms with Crippen molar-refractivity contribution in [1.29, 1.82) is 0 Å². The minimum atomic E-state index is -0.938. The highest BCUT2D eigenvalue weighted by Gasteiger charge is 2.10. The topological polar surface area (TPSA) is 29.5 Å². The van der Waals surface area contributed by atoms with E-state index in [1.165, 1.54) is 5.56 Å². The molecule has 0 saturated carbocycles. The summed E-state index contributed by atoms with van der Waals surface area (Å²) in [5.41, 5.74) is 1.21. The van der Waals surface area contributed by atoms with Crippen molar-refractivity contribution >= 4 is 0 Å². The van der Waals surface area contributed by atoms with Crippen LogP contribution in [0.15, 0.2) is 18.2 Å². The number of aryl methyl sites for hydroxylation is 1. The average Bonchev–Trinajstić information content (AvgIpc) is 2.25. The van der Waals surface area contributed by atoms with E-state index in [4.69, 9.17) is 4.74 Å². The Labute approximate surface area is 96.3 Å². The number of ether oxygens (including phenoxy) is 1. The van der Waals surface area contributed by atoms with E-state index in [0.29, 0.717) is 0 Å². The third-order valence-corrected chi connectivity index (χ3v) is 2.42. The Morgan fingerprint density at radius 3 is 2.94 bits per heavy atom. The number of hydrogen-bond acceptors (Lipinski definition) is 2. The summed E-state index contributed by atoms with van der Waals surface area (Å²) in [4.78, 5) is 0. The molecule has 2 nitrogen and oxygen atoms in total. The lowest BCUT2D eigenvalue weighted by Gasteiger charge is -2.16. The van der Waals surface area contributed by atoms with Gasteiger partial charge in [0.2, 0.25) is 0 Å². The normalized spacial score (nSPS) is 14.4. The zero-order valence-electron chi connectivity index (χ0n) is 9.71. The number of hydrogen-bond donors (Lipinski definition) is 1. The highest BCUT2D eigenvalue weighted by atomic mass is 16.5. The third kappa shape index (κ3) is 2.77. The lowest BCUT2D eigenvalue weighted by molar-refractivity contribution is 0.143. The quantitative estimate of drug-likeness (QED) is 0.673. The van der Waals surface area contributed by atoms with Crippen LogP contribution in [0.5, 0.6) is 5.75 Å². The van der Waals surface area contributed by atoms with Crippen LogP contribution in [0, 0.1) is 11.8 Å². The van der Waals surface area contributed by atoms with E-state index in [0.717, 1.165) is 30.8 Å². The molecule has 0 fully saturated rings. The molecule has 0 atom stereocenters. The van der Waals surface area contributed by atoms with E-state index in [2.05, 4.69) is 11.8 Å². The summed E-state index contributed by atoms with van der Waals surface area (Å²) in [6.07, 6.45) is 2.11. The van der Waals surface area contributed by atoms with E-state index >= 15 is 0 Å². The first kappa shape index (κ1) is 11.0. The minimum absolute atomic E-state index is 0.807. The second-order valence-electron chi connectivity index (χ2n) is 4.58. The van der Waals surface area contributed by atoms with Gasteiger partial charge >= 0.3 is 0 Å². The minimum Gasteiger partial charge on any atom is -0.493 e. The van der Waals surface area contributed by atoms with Crippen molar-refractivity contribution in [3.63, 3.8) is 0 Å². The van der Waals surface area contributed by atoms with Crippen LogP contribution in [0.3, 0.4) is 0 Å². The summed E-state index contributed by atoms with van der Waals surface area (Å²) in [5, 5.41) is 9.52. The van der Waals surface area contributed by atoms with E-state index in [-0.39, 0.29) is 0 Å². The molecule has 2 rings (SSSR count). The highest BCUT2D eigenvalue weighted by molar-refractivity contribution is 5.45. The molecule has 1 aromatic carbocycles. The van der Waals surface area contributed by atoms with Crippen molar-refractivity contribution in [3.05, 3.63) is 29.3 Å². The molecule has 0 aliphatic carbocycles. The molecule has 0 aromatic heterocycles. The van der Waals surface area contributed by atoms with Gasteiger partial charge in [-0.3, -0.25) is 0 Å². The van der Waals surface area contributed by atoms with E-state index in [1.807, 2.05) is 18.2 Å². The fourth-order valence-corrected chi connectivity index (χ4v) is 1.66. The van der Waals surface area contributed by atoms with Crippen LogP contribution < -0.4 is 4.74 Å². The van der Waals surface area contributed by atoms with Gasteiger partial charge in [0.1, 0.15) is 11.4 Å². The van der Waals surface area contributed by atoms with Crippen molar-refractivity contribution in [2.45, 2.75) is 32.3 Å². The van der Waals surface area contributed by atoms with Crippen molar-refractivity contribution in [2.75, 3.05) is 6.61 Å². The predicted molar refractivity (Wildman–Crippen MR) is 63.4 cm³/mol. The Balaban J connectivity index is 2.26. The van der Waals surface area contributed by atoms with Gasteiger partial charge in [0.15, 0.2) is 0 Å². The van der Waals surface area contributed by atoms with E-state index in [9.17, 15) is 5.11 Å². The monoisotopic (exact) mass is 216 g/mol. The molecule has 16 heavy (non-hydrogen) atoms. The van der Waals surface area contributed by atoms with Gasteiger partial charge in [0.25, 0.3) is 0 Å². The summed E-state index contributed by atoms with van der Waals surface area (Å²) < 4.78 is 5.53. The largest absolute Gasteiger partial charge is 0.493 e. The first-order chi connectivity index (χ1) is 7.54. The Morgan fingerprint density at radius 1 is 1.38 bits per heavy atom. The fraction of sp³-hybridized carbons (Fsp3) is 0.429. The fourth-order valence-electron chi connectivity index (χ4n) is 1.66. The molecule has 0 bridgehead atoms. The molecule has 0 radical (unpaired) electrons. The molecule has 0 amide bonds. The van der Waals surface area contributed by atoms with Crippen LogP contribution in [-0.4, -0.2) is 17.3 Å². The van der Waals surface area contributed by atoms with Crippen LogP contribution in [0.4, 0.5) is 0 Å². The van der Waals surface area contributed by atoms with Gasteiger partial charge in [-0.25, -0.2) is 0 Å². The second-order valence-corrected chi connectivity index (χ2v) is 4.58. The molecule has 1 aliphatic heterocycles. The van der Waals surface area contributed by atoms with Gasteiger partial charge in [-0.2, -0.15) is 0 Å².